The lowest BCUT2D eigenvalue weighted by Gasteiger charge is -2.29. The molecule has 0 radical (unpaired) electrons. The quantitative estimate of drug-likeness (QED) is 0.220. The van der Waals surface area contributed by atoms with E-state index in [4.69, 9.17) is 27.9 Å². The molecule has 0 aliphatic carbocycles. The van der Waals surface area contributed by atoms with Gasteiger partial charge in [0.25, 0.3) is 0 Å². The Bertz CT molecular complexity index is 993. The van der Waals surface area contributed by atoms with Gasteiger partial charge in [-0.05, 0) is 75.9 Å². The number of hydrogen-bond acceptors (Lipinski definition) is 3. The van der Waals surface area contributed by atoms with Crippen LogP contribution in [-0.2, 0) is 16.0 Å². The Hall–Kier alpha value is -1.51. The number of benzene rings is 2. The van der Waals surface area contributed by atoms with Gasteiger partial charge in [0.05, 0.1) is 9.97 Å². The van der Waals surface area contributed by atoms with Crippen molar-refractivity contribution in [1.29, 1.82) is 0 Å². The van der Waals surface area contributed by atoms with E-state index in [1.165, 1.54) is 0 Å². The molecule has 1 aliphatic heterocycles. The molecule has 0 saturated carbocycles. The molecule has 3 rings (SSSR count). The molecule has 2 aromatic rings. The minimum absolute atomic E-state index is 0.0402. The van der Waals surface area contributed by atoms with Crippen molar-refractivity contribution in [2.24, 2.45) is 5.92 Å². The van der Waals surface area contributed by atoms with Crippen molar-refractivity contribution in [2.45, 2.75) is 62.1 Å². The van der Waals surface area contributed by atoms with Crippen LogP contribution in [0.3, 0.4) is 0 Å². The average Bonchev–Trinajstić information content (AvgIpc) is 3.14. The summed E-state index contributed by atoms with van der Waals surface area (Å²) in [6.45, 7) is 8.04. The highest BCUT2D eigenvalue weighted by molar-refractivity contribution is 14.1. The summed E-state index contributed by atoms with van der Waals surface area (Å²) in [5.74, 6) is -0.302. The molecule has 1 fully saturated rings. The fourth-order valence-corrected chi connectivity index (χ4v) is 5.57. The highest BCUT2D eigenvalue weighted by atomic mass is 127. The van der Waals surface area contributed by atoms with Crippen molar-refractivity contribution in [3.63, 3.8) is 0 Å². The Balaban J connectivity index is 1.72. The van der Waals surface area contributed by atoms with Gasteiger partial charge in [0, 0.05) is 28.5 Å². The van der Waals surface area contributed by atoms with Gasteiger partial charge in [0.15, 0.2) is 0 Å². The van der Waals surface area contributed by atoms with Crippen LogP contribution in [0.1, 0.15) is 51.2 Å². The first-order valence-corrected chi connectivity index (χ1v) is 13.4. The van der Waals surface area contributed by atoms with Crippen LogP contribution in [0.5, 0.6) is 0 Å². The van der Waals surface area contributed by atoms with Gasteiger partial charge in [-0.1, -0.05) is 70.1 Å². The number of carbonyl (C=O) groups is 2. The van der Waals surface area contributed by atoms with Crippen LogP contribution < -0.4 is 5.32 Å². The molecule has 4 atom stereocenters. The molecule has 0 aromatic heterocycles. The van der Waals surface area contributed by atoms with E-state index in [-0.39, 0.29) is 33.9 Å². The molecule has 2 amide bonds. The minimum Gasteiger partial charge on any atom is -0.444 e. The number of likely N-dealkylation sites (tertiary alicyclic amines) is 1. The predicted molar refractivity (Wildman–Crippen MR) is 146 cm³/mol. The molecule has 1 aliphatic rings. The van der Waals surface area contributed by atoms with E-state index in [2.05, 4.69) is 27.9 Å². The number of carbonyl (C=O) groups excluding carboxylic acids is 2. The van der Waals surface area contributed by atoms with Crippen molar-refractivity contribution in [2.75, 3.05) is 6.54 Å². The number of amides is 2. The van der Waals surface area contributed by atoms with E-state index in [1.54, 1.807) is 4.90 Å². The fourth-order valence-electron chi connectivity index (χ4n) is 4.12. The monoisotopic (exact) mass is 616 g/mol. The molecule has 34 heavy (non-hydrogen) atoms. The summed E-state index contributed by atoms with van der Waals surface area (Å²) in [6.07, 6.45) is 0.966. The van der Waals surface area contributed by atoms with Crippen molar-refractivity contribution < 1.29 is 14.3 Å². The van der Waals surface area contributed by atoms with Crippen LogP contribution in [0.25, 0.3) is 0 Å². The summed E-state index contributed by atoms with van der Waals surface area (Å²) in [5.41, 5.74) is 1.66. The predicted octanol–water partition coefficient (Wildman–Crippen LogP) is 6.84. The molecule has 1 saturated heterocycles. The normalized spacial score (nSPS) is 20.0. The smallest absolute Gasteiger partial charge is 0.411 e. The molecule has 0 bridgehead atoms. The van der Waals surface area contributed by atoms with E-state index < -0.39 is 5.60 Å². The molecule has 5 nitrogen and oxygen atoms in total. The first kappa shape index (κ1) is 27.1. The van der Waals surface area contributed by atoms with E-state index in [9.17, 15) is 9.59 Å². The van der Waals surface area contributed by atoms with Crippen LogP contribution in [0.15, 0.2) is 48.5 Å². The number of alkyl halides is 1. The number of hydrogen-bond donors (Lipinski definition) is 1. The van der Waals surface area contributed by atoms with Crippen LogP contribution in [0, 0.1) is 5.92 Å². The lowest BCUT2D eigenvalue weighted by atomic mass is 9.86. The average molecular weight is 617 g/mol. The summed E-state index contributed by atoms with van der Waals surface area (Å²) >= 11 is 14.3. The van der Waals surface area contributed by atoms with E-state index >= 15 is 0 Å². The van der Waals surface area contributed by atoms with Gasteiger partial charge in [0.1, 0.15) is 5.60 Å². The minimum atomic E-state index is -0.574. The number of nitrogens with zero attached hydrogens (tertiary/aromatic N) is 1. The molecule has 2 aromatic carbocycles. The van der Waals surface area contributed by atoms with E-state index in [0.717, 1.165) is 17.5 Å². The maximum atomic E-state index is 13.3. The Kier molecular flexibility index (Phi) is 9.15. The van der Waals surface area contributed by atoms with E-state index in [0.29, 0.717) is 23.0 Å². The zero-order valence-electron chi connectivity index (χ0n) is 19.9. The summed E-state index contributed by atoms with van der Waals surface area (Å²) < 4.78 is 5.25. The molecule has 8 heteroatoms. The van der Waals surface area contributed by atoms with Crippen molar-refractivity contribution >= 4 is 57.8 Å². The summed E-state index contributed by atoms with van der Waals surface area (Å²) in [5, 5.41) is 4.59. The van der Waals surface area contributed by atoms with E-state index in [1.807, 2.05) is 76.2 Å². The van der Waals surface area contributed by atoms with Gasteiger partial charge in [0.2, 0.25) is 5.91 Å². The van der Waals surface area contributed by atoms with Gasteiger partial charge in [-0.3, -0.25) is 9.69 Å². The van der Waals surface area contributed by atoms with Gasteiger partial charge < -0.3 is 10.1 Å². The first-order chi connectivity index (χ1) is 15.9. The largest absolute Gasteiger partial charge is 0.444 e. The maximum absolute atomic E-state index is 13.3. The maximum Gasteiger partial charge on any atom is 0.411 e. The summed E-state index contributed by atoms with van der Waals surface area (Å²) in [4.78, 5) is 27.5. The highest BCUT2D eigenvalue weighted by Gasteiger charge is 2.41. The van der Waals surface area contributed by atoms with Gasteiger partial charge in [-0.25, -0.2) is 4.79 Å². The van der Waals surface area contributed by atoms with Gasteiger partial charge in [-0.2, -0.15) is 0 Å². The molecule has 184 valence electrons. The highest BCUT2D eigenvalue weighted by Crippen LogP contribution is 2.32. The number of halogens is 3. The summed E-state index contributed by atoms with van der Waals surface area (Å²) in [6, 6.07) is 15.4. The van der Waals surface area contributed by atoms with Crippen LogP contribution >= 0.6 is 45.8 Å². The topological polar surface area (TPSA) is 58.6 Å². The lowest BCUT2D eigenvalue weighted by molar-refractivity contribution is -0.125. The van der Waals surface area contributed by atoms with Crippen molar-refractivity contribution in [1.82, 2.24) is 10.2 Å². The number of ether oxygens (including phenoxy) is 1. The van der Waals surface area contributed by atoms with Crippen molar-refractivity contribution in [3.8, 4) is 0 Å². The van der Waals surface area contributed by atoms with Crippen LogP contribution in [0.2, 0.25) is 10.0 Å². The van der Waals surface area contributed by atoms with Gasteiger partial charge >= 0.3 is 6.09 Å². The molecular weight excluding hydrogens is 586 g/mol. The Morgan fingerprint density at radius 1 is 1.09 bits per heavy atom. The Morgan fingerprint density at radius 2 is 1.65 bits per heavy atom. The Morgan fingerprint density at radius 3 is 2.21 bits per heavy atom. The molecule has 4 unspecified atom stereocenters. The SMILES string of the molecule is CC(NC(=O)C1CCN(C(=O)OC(C)(C)C)C1I)C(Cc1ccc(Cl)cc1)c1ccc(Cl)cc1. The first-order valence-electron chi connectivity index (χ1n) is 11.4. The second-order valence-electron chi connectivity index (χ2n) is 9.73. The molecule has 1 heterocycles. The third-order valence-corrected chi connectivity index (χ3v) is 7.96. The Labute approximate surface area is 225 Å². The molecule has 0 spiro atoms. The second-order valence-corrected chi connectivity index (χ2v) is 11.9. The molecular formula is C26H31Cl2IN2O3. The van der Waals surface area contributed by atoms with Crippen LogP contribution in [-0.4, -0.2) is 39.1 Å². The second kappa shape index (κ2) is 11.5. The summed E-state index contributed by atoms with van der Waals surface area (Å²) in [7, 11) is 0. The zero-order valence-corrected chi connectivity index (χ0v) is 23.5. The third-order valence-electron chi connectivity index (χ3n) is 5.92. The zero-order chi connectivity index (χ0) is 25.0. The van der Waals surface area contributed by atoms with Crippen LogP contribution in [0.4, 0.5) is 4.79 Å². The molecule has 1 N–H and O–H groups in total. The number of nitrogens with one attached hydrogen (secondary N) is 1. The fraction of sp³-hybridized carbons (Fsp3) is 0.462. The lowest BCUT2D eigenvalue weighted by Crippen LogP contribution is -2.45. The number of rotatable bonds is 6. The third kappa shape index (κ3) is 7.25. The van der Waals surface area contributed by atoms with Crippen molar-refractivity contribution in [3.05, 3.63) is 69.7 Å². The van der Waals surface area contributed by atoms with Gasteiger partial charge in [-0.15, -0.1) is 0 Å². The standard InChI is InChI=1S/C26H31Cl2IN2O3/c1-16(30-24(32)21-13-14-31(23(21)29)25(33)34-26(2,3)4)22(18-7-11-20(28)12-8-18)15-17-5-9-19(27)10-6-17/h5-12,16,21-23H,13-15H2,1-4H3,(H,30,32).